The van der Waals surface area contributed by atoms with Crippen LogP contribution < -0.4 is 11.1 Å². The maximum Gasteiger partial charge on any atom is 0.227 e. The van der Waals surface area contributed by atoms with E-state index in [1.165, 1.54) is 0 Å². The first-order chi connectivity index (χ1) is 8.93. The molecule has 5 heteroatoms. The van der Waals surface area contributed by atoms with Crippen molar-refractivity contribution in [2.45, 2.75) is 13.8 Å². The van der Waals surface area contributed by atoms with Gasteiger partial charge in [0.15, 0.2) is 0 Å². The molecule has 1 aromatic carbocycles. The number of benzene rings is 1. The second-order valence-electron chi connectivity index (χ2n) is 4.64. The van der Waals surface area contributed by atoms with Gasteiger partial charge in [-0.1, -0.05) is 38.1 Å². The Labute approximate surface area is 110 Å². The maximum absolute atomic E-state index is 12.2. The predicted molar refractivity (Wildman–Crippen MR) is 69.3 cm³/mol. The summed E-state index contributed by atoms with van der Waals surface area (Å²) in [5.41, 5.74) is 5.87. The molecule has 0 saturated heterocycles. The molecule has 1 aliphatic carbocycles. The Morgan fingerprint density at radius 1 is 1.11 bits per heavy atom. The maximum atomic E-state index is 12.2. The number of allylic oxidation sites excluding steroid dienone is 2. The lowest BCUT2D eigenvalue weighted by molar-refractivity contribution is -0.123. The van der Waals surface area contributed by atoms with Crippen LogP contribution in [0.3, 0.4) is 0 Å². The molecule has 98 valence electrons. The Morgan fingerprint density at radius 3 is 2.16 bits per heavy atom. The fourth-order valence-corrected chi connectivity index (χ4v) is 1.79. The molecule has 0 aromatic heterocycles. The molecule has 0 aliphatic heterocycles. The molecule has 1 aromatic rings. The number of carbonyl (C=O) groups excluding carboxylic acids is 3. The Morgan fingerprint density at radius 2 is 1.63 bits per heavy atom. The van der Waals surface area contributed by atoms with Crippen LogP contribution >= 0.6 is 0 Å². The van der Waals surface area contributed by atoms with Gasteiger partial charge in [-0.25, -0.2) is 0 Å². The van der Waals surface area contributed by atoms with Crippen molar-refractivity contribution in [3.05, 3.63) is 46.8 Å². The molecule has 0 unspecified atom stereocenters. The molecule has 0 saturated carbocycles. The third-order valence-electron chi connectivity index (χ3n) is 2.93. The average Bonchev–Trinajstić information content (AvgIpc) is 2.40. The van der Waals surface area contributed by atoms with Crippen molar-refractivity contribution in [1.82, 2.24) is 5.32 Å². The first kappa shape index (κ1) is 13.0. The lowest BCUT2D eigenvalue weighted by atomic mass is 9.90. The second-order valence-corrected chi connectivity index (χ2v) is 4.64. The Kier molecular flexibility index (Phi) is 3.21. The molecule has 0 fully saturated rings. The summed E-state index contributed by atoms with van der Waals surface area (Å²) in [7, 11) is 0. The van der Waals surface area contributed by atoms with Crippen LogP contribution in [0.4, 0.5) is 0 Å². The van der Waals surface area contributed by atoms with Gasteiger partial charge < -0.3 is 11.1 Å². The summed E-state index contributed by atoms with van der Waals surface area (Å²) in [6.45, 7) is 3.38. The smallest absolute Gasteiger partial charge is 0.227 e. The van der Waals surface area contributed by atoms with E-state index in [0.717, 1.165) is 0 Å². The molecule has 3 N–H and O–H groups in total. The highest BCUT2D eigenvalue weighted by Gasteiger charge is 2.31. The summed E-state index contributed by atoms with van der Waals surface area (Å²) in [6, 6.07) is 6.41. The van der Waals surface area contributed by atoms with Crippen molar-refractivity contribution in [1.29, 1.82) is 0 Å². The van der Waals surface area contributed by atoms with Gasteiger partial charge in [-0.15, -0.1) is 0 Å². The highest BCUT2D eigenvalue weighted by Crippen LogP contribution is 2.22. The van der Waals surface area contributed by atoms with Crippen molar-refractivity contribution < 1.29 is 14.4 Å². The minimum absolute atomic E-state index is 0.123. The van der Waals surface area contributed by atoms with Gasteiger partial charge in [0, 0.05) is 17.0 Å². The molecule has 1 amide bonds. The van der Waals surface area contributed by atoms with E-state index in [2.05, 4.69) is 5.32 Å². The van der Waals surface area contributed by atoms with E-state index in [0.29, 0.717) is 0 Å². The number of carbonyl (C=O) groups is 3. The van der Waals surface area contributed by atoms with Crippen LogP contribution in [0.15, 0.2) is 35.7 Å². The molecular weight excluding hydrogens is 244 g/mol. The van der Waals surface area contributed by atoms with Gasteiger partial charge in [0.25, 0.3) is 0 Å². The number of nitrogens with one attached hydrogen (secondary N) is 1. The molecule has 19 heavy (non-hydrogen) atoms. The van der Waals surface area contributed by atoms with E-state index in [4.69, 9.17) is 5.73 Å². The topological polar surface area (TPSA) is 89.3 Å². The summed E-state index contributed by atoms with van der Waals surface area (Å²) in [5, 5.41) is 2.43. The summed E-state index contributed by atoms with van der Waals surface area (Å²) < 4.78 is 0. The number of rotatable bonds is 2. The zero-order valence-corrected chi connectivity index (χ0v) is 10.7. The zero-order valence-electron chi connectivity index (χ0n) is 10.7. The van der Waals surface area contributed by atoms with E-state index in [9.17, 15) is 14.4 Å². The second kappa shape index (κ2) is 4.68. The Balaban J connectivity index is 2.46. The normalized spacial score (nSPS) is 14.7. The van der Waals surface area contributed by atoms with E-state index in [-0.39, 0.29) is 34.3 Å². The lowest BCUT2D eigenvalue weighted by Crippen LogP contribution is -2.38. The van der Waals surface area contributed by atoms with Crippen LogP contribution in [0.25, 0.3) is 0 Å². The minimum atomic E-state index is -0.436. The van der Waals surface area contributed by atoms with Crippen molar-refractivity contribution >= 4 is 17.5 Å². The fraction of sp³-hybridized carbons (Fsp3) is 0.214. The van der Waals surface area contributed by atoms with E-state index >= 15 is 0 Å². The molecule has 0 bridgehead atoms. The van der Waals surface area contributed by atoms with Crippen LogP contribution in [0.5, 0.6) is 0 Å². The number of hydrogen-bond acceptors (Lipinski definition) is 4. The van der Waals surface area contributed by atoms with E-state index in [1.54, 1.807) is 38.1 Å². The largest absolute Gasteiger partial charge is 0.394 e. The van der Waals surface area contributed by atoms with Gasteiger partial charge in [-0.2, -0.15) is 0 Å². The average molecular weight is 258 g/mol. The Bertz CT molecular complexity index is 615. The molecular formula is C14H14N2O3. The summed E-state index contributed by atoms with van der Waals surface area (Å²) in [5.74, 6) is -1.52. The van der Waals surface area contributed by atoms with Crippen LogP contribution in [-0.4, -0.2) is 17.5 Å². The first-order valence-electron chi connectivity index (χ1n) is 5.92. The van der Waals surface area contributed by atoms with Gasteiger partial charge in [0.1, 0.15) is 11.4 Å². The molecule has 0 spiro atoms. The number of ketones is 2. The first-order valence-corrected chi connectivity index (χ1v) is 5.92. The molecule has 0 heterocycles. The third kappa shape index (κ3) is 2.14. The van der Waals surface area contributed by atoms with Crippen molar-refractivity contribution in [2.24, 2.45) is 11.7 Å². The zero-order chi connectivity index (χ0) is 14.2. The molecule has 0 atom stereocenters. The minimum Gasteiger partial charge on any atom is -0.394 e. The van der Waals surface area contributed by atoms with Crippen molar-refractivity contribution in [2.75, 3.05) is 0 Å². The summed E-state index contributed by atoms with van der Waals surface area (Å²) in [4.78, 5) is 35.9. The quantitative estimate of drug-likeness (QED) is 0.828. The lowest BCUT2D eigenvalue weighted by Gasteiger charge is -2.19. The van der Waals surface area contributed by atoms with Gasteiger partial charge in [-0.05, 0) is 0 Å². The van der Waals surface area contributed by atoms with Gasteiger partial charge in [-0.3, -0.25) is 14.4 Å². The number of hydrogen-bond donors (Lipinski definition) is 2. The summed E-state index contributed by atoms with van der Waals surface area (Å²) in [6.07, 6.45) is 0. The number of amides is 1. The van der Waals surface area contributed by atoms with Gasteiger partial charge in [0.05, 0.1) is 0 Å². The monoisotopic (exact) mass is 258 g/mol. The van der Waals surface area contributed by atoms with E-state index < -0.39 is 11.6 Å². The Hall–Kier alpha value is -2.43. The highest BCUT2D eigenvalue weighted by atomic mass is 16.2. The van der Waals surface area contributed by atoms with Crippen molar-refractivity contribution in [3.63, 3.8) is 0 Å². The third-order valence-corrected chi connectivity index (χ3v) is 2.93. The van der Waals surface area contributed by atoms with Gasteiger partial charge >= 0.3 is 0 Å². The number of nitrogens with two attached hydrogens (primary N) is 1. The standard InChI is InChI=1S/C14H14N2O3/c1-7(2)14(19)16-11-10(15)12(17)8-5-3-4-6-9(8)13(11)18/h3-7H,15H2,1-2H3,(H,16,19). The predicted octanol–water partition coefficient (Wildman–Crippen LogP) is 1.01. The molecule has 0 radical (unpaired) electrons. The molecule has 1 aliphatic rings. The fourth-order valence-electron chi connectivity index (χ4n) is 1.79. The van der Waals surface area contributed by atoms with Crippen LogP contribution in [0.1, 0.15) is 34.6 Å². The van der Waals surface area contributed by atoms with E-state index in [1.807, 2.05) is 0 Å². The SMILES string of the molecule is CC(C)C(=O)NC1=C(N)C(=O)c2ccccc2C1=O. The van der Waals surface area contributed by atoms with Crippen molar-refractivity contribution in [3.8, 4) is 0 Å². The van der Waals surface area contributed by atoms with Gasteiger partial charge in [0.2, 0.25) is 17.5 Å². The molecule has 2 rings (SSSR count). The summed E-state index contributed by atoms with van der Waals surface area (Å²) >= 11 is 0. The highest BCUT2D eigenvalue weighted by molar-refractivity contribution is 6.27. The number of Topliss-reactive ketones (excluding diaryl/α,β-unsaturated/α-hetero) is 2. The number of fused-ring (bicyclic) bond motifs is 1. The van der Waals surface area contributed by atoms with Crippen LogP contribution in [-0.2, 0) is 4.79 Å². The molecule has 5 nitrogen and oxygen atoms in total. The van der Waals surface area contributed by atoms with Crippen LogP contribution in [0, 0.1) is 5.92 Å². The van der Waals surface area contributed by atoms with Crippen LogP contribution in [0.2, 0.25) is 0 Å².